The van der Waals surface area contributed by atoms with Crippen LogP contribution in [0.25, 0.3) is 0 Å². The van der Waals surface area contributed by atoms with Gasteiger partial charge in [0.25, 0.3) is 0 Å². The minimum Gasteiger partial charge on any atom is -0.458 e. The van der Waals surface area contributed by atoms with Crippen molar-refractivity contribution in [2.75, 3.05) is 11.6 Å². The van der Waals surface area contributed by atoms with Crippen LogP contribution in [-0.2, 0) is 23.8 Å². The quantitative estimate of drug-likeness (QED) is 0.464. The molecule has 1 unspecified atom stereocenters. The summed E-state index contributed by atoms with van der Waals surface area (Å²) in [5, 5.41) is 0.253. The van der Waals surface area contributed by atoms with E-state index in [2.05, 4.69) is 15.9 Å². The summed E-state index contributed by atoms with van der Waals surface area (Å²) in [5.74, 6) is -3.25. The van der Waals surface area contributed by atoms with Gasteiger partial charge in [-0.1, -0.05) is 15.9 Å². The van der Waals surface area contributed by atoms with Crippen molar-refractivity contribution in [1.29, 1.82) is 0 Å². The summed E-state index contributed by atoms with van der Waals surface area (Å²) in [6, 6.07) is 0. The van der Waals surface area contributed by atoms with Gasteiger partial charge in [0.05, 0.1) is 0 Å². The van der Waals surface area contributed by atoms with E-state index in [9.17, 15) is 18.4 Å². The summed E-state index contributed by atoms with van der Waals surface area (Å²) in [7, 11) is 0. The van der Waals surface area contributed by atoms with Crippen LogP contribution in [0.2, 0.25) is 0 Å². The molecule has 0 aromatic heterocycles. The molecule has 0 aromatic rings. The predicted octanol–water partition coefficient (Wildman–Crippen LogP) is 3.82. The highest BCUT2D eigenvalue weighted by molar-refractivity contribution is 9.09. The van der Waals surface area contributed by atoms with Gasteiger partial charge in [0.2, 0.25) is 0 Å². The molecule has 1 saturated heterocycles. The molecule has 5 atom stereocenters. The van der Waals surface area contributed by atoms with Crippen LogP contribution in [0, 0.1) is 5.92 Å². The van der Waals surface area contributed by atoms with Crippen LogP contribution in [0.4, 0.5) is 8.78 Å². The van der Waals surface area contributed by atoms with Crippen molar-refractivity contribution >= 4 is 39.6 Å². The third-order valence-electron chi connectivity index (χ3n) is 4.29. The highest BCUT2D eigenvalue weighted by Gasteiger charge is 2.48. The second-order valence-electron chi connectivity index (χ2n) is 6.15. The monoisotopic (exact) mass is 454 g/mol. The normalized spacial score (nSPS) is 32.1. The smallest absolute Gasteiger partial charge is 0.303 e. The van der Waals surface area contributed by atoms with Gasteiger partial charge in [-0.2, -0.15) is 0 Å². The Morgan fingerprint density at radius 2 is 1.96 bits per heavy atom. The number of ether oxygens (including phenoxy) is 3. The molecule has 0 N–H and O–H groups in total. The third kappa shape index (κ3) is 5.07. The van der Waals surface area contributed by atoms with Crippen molar-refractivity contribution in [2.45, 2.75) is 50.4 Å². The second-order valence-corrected chi connectivity index (χ2v) is 7.71. The largest absolute Gasteiger partial charge is 0.458 e. The fraction of sp³-hybridized carbons (Fsp3) is 0.647. The van der Waals surface area contributed by atoms with Crippen LogP contribution in [0.1, 0.15) is 26.7 Å². The van der Waals surface area contributed by atoms with E-state index in [0.717, 1.165) is 6.08 Å². The molecule has 0 spiro atoms. The Hall–Kier alpha value is -0.930. The summed E-state index contributed by atoms with van der Waals surface area (Å²) in [6.07, 6.45) is 0.411. The van der Waals surface area contributed by atoms with E-state index >= 15 is 0 Å². The Balaban J connectivity index is 2.35. The van der Waals surface area contributed by atoms with Crippen molar-refractivity contribution in [3.8, 4) is 0 Å². The first kappa shape index (κ1) is 21.4. The lowest BCUT2D eigenvalue weighted by Gasteiger charge is -2.43. The standard InChI is InChI=1S/C17H21BrF2O5S/c1-8(21)23-14-6-15(26-3)25-16(17(14)24-9(2)22)11-4-10(7-18)12(19)5-13(11)20/h5,11,14-17H,4,6-7H2,1-3H3/t11?,14-,15+,16-,17+/m0/s1. The van der Waals surface area contributed by atoms with Gasteiger partial charge in [0, 0.05) is 37.6 Å². The maximum atomic E-state index is 14.6. The lowest BCUT2D eigenvalue weighted by Crippen LogP contribution is -2.54. The first-order valence-corrected chi connectivity index (χ1v) is 10.5. The van der Waals surface area contributed by atoms with Crippen molar-refractivity contribution in [1.82, 2.24) is 0 Å². The molecule has 26 heavy (non-hydrogen) atoms. The number of rotatable bonds is 5. The Morgan fingerprint density at radius 1 is 1.31 bits per heavy atom. The Kier molecular flexibility index (Phi) is 7.66. The summed E-state index contributed by atoms with van der Waals surface area (Å²) >= 11 is 4.58. The summed E-state index contributed by atoms with van der Waals surface area (Å²) in [4.78, 5) is 23.0. The maximum Gasteiger partial charge on any atom is 0.303 e. The summed E-state index contributed by atoms with van der Waals surface area (Å²) < 4.78 is 45.0. The van der Waals surface area contributed by atoms with Gasteiger partial charge in [-0.15, -0.1) is 11.8 Å². The minimum atomic E-state index is -0.971. The predicted molar refractivity (Wildman–Crippen MR) is 97.1 cm³/mol. The molecule has 2 aliphatic rings. The first-order chi connectivity index (χ1) is 12.3. The fourth-order valence-electron chi connectivity index (χ4n) is 3.16. The van der Waals surface area contributed by atoms with Crippen LogP contribution in [0.3, 0.4) is 0 Å². The molecule has 0 radical (unpaired) electrons. The first-order valence-electron chi connectivity index (χ1n) is 8.10. The van der Waals surface area contributed by atoms with Crippen LogP contribution in [0.15, 0.2) is 23.3 Å². The summed E-state index contributed by atoms with van der Waals surface area (Å²) in [5.41, 5.74) is 0.0315. The van der Waals surface area contributed by atoms with Crippen LogP contribution in [-0.4, -0.2) is 47.3 Å². The molecule has 0 aromatic carbocycles. The zero-order chi connectivity index (χ0) is 19.4. The number of carbonyl (C=O) groups excluding carboxylic acids is 2. The van der Waals surface area contributed by atoms with E-state index in [4.69, 9.17) is 14.2 Å². The molecule has 1 aliphatic heterocycles. The number of allylic oxidation sites excluding steroid dienone is 3. The number of alkyl halides is 1. The lowest BCUT2D eigenvalue weighted by atomic mass is 9.83. The van der Waals surface area contributed by atoms with Gasteiger partial charge in [0.1, 0.15) is 29.3 Å². The Labute approximate surface area is 163 Å². The number of halogens is 3. The molecule has 2 rings (SSSR count). The van der Waals surface area contributed by atoms with E-state index in [1.165, 1.54) is 25.6 Å². The average molecular weight is 455 g/mol. The molecule has 0 bridgehead atoms. The van der Waals surface area contributed by atoms with Gasteiger partial charge < -0.3 is 14.2 Å². The van der Waals surface area contributed by atoms with Gasteiger partial charge in [-0.3, -0.25) is 9.59 Å². The highest BCUT2D eigenvalue weighted by Crippen LogP contribution is 2.41. The van der Waals surface area contributed by atoms with E-state index in [0.29, 0.717) is 12.0 Å². The van der Waals surface area contributed by atoms with Crippen molar-refractivity contribution in [2.24, 2.45) is 5.92 Å². The molecular weight excluding hydrogens is 434 g/mol. The number of hydrogen-bond donors (Lipinski definition) is 0. The maximum absolute atomic E-state index is 14.6. The van der Waals surface area contributed by atoms with E-state index in [1.54, 1.807) is 0 Å². The number of hydrogen-bond acceptors (Lipinski definition) is 6. The van der Waals surface area contributed by atoms with Gasteiger partial charge >= 0.3 is 11.9 Å². The second kappa shape index (κ2) is 9.32. The molecule has 0 amide bonds. The average Bonchev–Trinajstić information content (AvgIpc) is 2.55. The molecule has 9 heteroatoms. The summed E-state index contributed by atoms with van der Waals surface area (Å²) in [6.45, 7) is 2.48. The molecule has 146 valence electrons. The number of esters is 2. The lowest BCUT2D eigenvalue weighted by molar-refractivity contribution is -0.203. The zero-order valence-corrected chi connectivity index (χ0v) is 17.1. The number of thioether (sulfide) groups is 1. The molecule has 1 heterocycles. The van der Waals surface area contributed by atoms with E-state index in [1.807, 2.05) is 6.26 Å². The SMILES string of the molecule is CS[C@@H]1C[C@H](OC(C)=O)[C@@H](OC(C)=O)[C@H](C2CC(CBr)=C(F)C=C2F)O1. The van der Waals surface area contributed by atoms with Crippen molar-refractivity contribution in [3.63, 3.8) is 0 Å². The topological polar surface area (TPSA) is 61.8 Å². The Bertz CT molecular complexity index is 624. The Morgan fingerprint density at radius 3 is 2.50 bits per heavy atom. The third-order valence-corrected chi connectivity index (χ3v) is 5.79. The molecular formula is C17H21BrF2O5S. The number of carbonyl (C=O) groups is 2. The van der Waals surface area contributed by atoms with E-state index in [-0.39, 0.29) is 17.2 Å². The van der Waals surface area contributed by atoms with Crippen LogP contribution >= 0.6 is 27.7 Å². The van der Waals surface area contributed by atoms with Crippen LogP contribution < -0.4 is 0 Å². The molecule has 0 saturated carbocycles. The van der Waals surface area contributed by atoms with Crippen molar-refractivity contribution < 1.29 is 32.6 Å². The molecule has 1 fully saturated rings. The van der Waals surface area contributed by atoms with Gasteiger partial charge in [-0.05, 0) is 18.2 Å². The highest BCUT2D eigenvalue weighted by atomic mass is 79.9. The molecule has 5 nitrogen and oxygen atoms in total. The van der Waals surface area contributed by atoms with Crippen molar-refractivity contribution in [3.05, 3.63) is 23.3 Å². The minimum absolute atomic E-state index is 0.0791. The van der Waals surface area contributed by atoms with Gasteiger partial charge in [0.15, 0.2) is 6.10 Å². The van der Waals surface area contributed by atoms with E-state index < -0.39 is 47.8 Å². The molecule has 1 aliphatic carbocycles. The fourth-order valence-corrected chi connectivity index (χ4v) is 4.28. The zero-order valence-electron chi connectivity index (χ0n) is 14.7. The van der Waals surface area contributed by atoms with Crippen LogP contribution in [0.5, 0.6) is 0 Å². The van der Waals surface area contributed by atoms with Gasteiger partial charge in [-0.25, -0.2) is 8.78 Å².